The first-order valence-corrected chi connectivity index (χ1v) is 11.4. The van der Waals surface area contributed by atoms with Gasteiger partial charge >= 0.3 is 5.97 Å². The number of piperidine rings is 1. The zero-order valence-electron chi connectivity index (χ0n) is 19.4. The number of aromatic nitrogens is 1. The highest BCUT2D eigenvalue weighted by molar-refractivity contribution is 5.99. The van der Waals surface area contributed by atoms with Crippen molar-refractivity contribution in [3.63, 3.8) is 0 Å². The lowest BCUT2D eigenvalue weighted by Crippen LogP contribution is -2.52. The number of carbonyl (C=O) groups is 2. The number of carbonyl (C=O) groups excluding carboxylic acids is 2. The summed E-state index contributed by atoms with van der Waals surface area (Å²) in [6.45, 7) is 8.26. The molecule has 4 rings (SSSR count). The molecule has 0 radical (unpaired) electrons. The van der Waals surface area contributed by atoms with Crippen molar-refractivity contribution in [1.82, 2.24) is 15.2 Å². The van der Waals surface area contributed by atoms with E-state index in [9.17, 15) is 9.59 Å². The second-order valence-electron chi connectivity index (χ2n) is 9.74. The Kier molecular flexibility index (Phi) is 6.55. The zero-order chi connectivity index (χ0) is 22.9. The fourth-order valence-corrected chi connectivity index (χ4v) is 4.67. The van der Waals surface area contributed by atoms with Gasteiger partial charge < -0.3 is 25.1 Å². The standard InChI is InChI=1S/C24H34N4O4/c1-24(2,3)32-23(30)19-14-15-13-16(5-6-18(15)27-19)26-22(29)21-20(7-10-25-21)28-11-8-17(31-4)9-12-28/h5-6,13-14,17,20-21,25,27H,7-12H2,1-4H3,(H,26,29)/t20-,21+/m0/s1. The van der Waals surface area contributed by atoms with Crippen LogP contribution in [-0.2, 0) is 14.3 Å². The number of benzene rings is 1. The van der Waals surface area contributed by atoms with Crippen molar-refractivity contribution in [2.24, 2.45) is 0 Å². The van der Waals surface area contributed by atoms with Gasteiger partial charge in [-0.25, -0.2) is 4.79 Å². The molecule has 2 saturated heterocycles. The van der Waals surface area contributed by atoms with Crippen molar-refractivity contribution >= 4 is 28.5 Å². The summed E-state index contributed by atoms with van der Waals surface area (Å²) >= 11 is 0. The first-order chi connectivity index (χ1) is 15.2. The Balaban J connectivity index is 1.42. The van der Waals surface area contributed by atoms with Crippen LogP contribution in [0.2, 0.25) is 0 Å². The summed E-state index contributed by atoms with van der Waals surface area (Å²) in [5.41, 5.74) is 1.37. The molecule has 8 nitrogen and oxygen atoms in total. The van der Waals surface area contributed by atoms with Gasteiger partial charge in [-0.15, -0.1) is 0 Å². The number of hydrogen-bond donors (Lipinski definition) is 3. The number of rotatable bonds is 5. The van der Waals surface area contributed by atoms with Crippen molar-refractivity contribution in [3.05, 3.63) is 30.0 Å². The summed E-state index contributed by atoms with van der Waals surface area (Å²) < 4.78 is 10.9. The molecule has 3 N–H and O–H groups in total. The average molecular weight is 443 g/mol. The maximum absolute atomic E-state index is 13.1. The largest absolute Gasteiger partial charge is 0.455 e. The number of anilines is 1. The Hall–Kier alpha value is -2.42. The quantitative estimate of drug-likeness (QED) is 0.617. The van der Waals surface area contributed by atoms with Gasteiger partial charge in [-0.05, 0) is 70.8 Å². The molecular weight excluding hydrogens is 408 g/mol. The van der Waals surface area contributed by atoms with E-state index in [-0.39, 0.29) is 18.0 Å². The number of methoxy groups -OCH3 is 1. The van der Waals surface area contributed by atoms with Gasteiger partial charge in [-0.2, -0.15) is 0 Å². The highest BCUT2D eigenvalue weighted by atomic mass is 16.6. The van der Waals surface area contributed by atoms with E-state index >= 15 is 0 Å². The third kappa shape index (κ3) is 5.14. The van der Waals surface area contributed by atoms with Crippen LogP contribution in [0.25, 0.3) is 10.9 Å². The average Bonchev–Trinajstić information content (AvgIpc) is 3.39. The van der Waals surface area contributed by atoms with Gasteiger partial charge in [0.05, 0.1) is 6.10 Å². The predicted octanol–water partition coefficient (Wildman–Crippen LogP) is 2.90. The van der Waals surface area contributed by atoms with E-state index in [4.69, 9.17) is 9.47 Å². The normalized spacial score (nSPS) is 22.9. The Morgan fingerprint density at radius 2 is 1.88 bits per heavy atom. The van der Waals surface area contributed by atoms with Crippen LogP contribution in [0.3, 0.4) is 0 Å². The molecule has 0 bridgehead atoms. The molecule has 3 heterocycles. The minimum atomic E-state index is -0.558. The van der Waals surface area contributed by atoms with Crippen LogP contribution in [0.1, 0.15) is 50.5 Å². The monoisotopic (exact) mass is 442 g/mol. The molecule has 2 aromatic rings. The highest BCUT2D eigenvalue weighted by Gasteiger charge is 2.38. The second-order valence-corrected chi connectivity index (χ2v) is 9.74. The third-order valence-corrected chi connectivity index (χ3v) is 6.26. The maximum Gasteiger partial charge on any atom is 0.355 e. The topological polar surface area (TPSA) is 95.7 Å². The lowest BCUT2D eigenvalue weighted by atomic mass is 10.0. The molecule has 174 valence electrons. The van der Waals surface area contributed by atoms with Crippen molar-refractivity contribution in [2.75, 3.05) is 32.1 Å². The number of nitrogens with one attached hydrogen (secondary N) is 3. The van der Waals surface area contributed by atoms with Crippen LogP contribution in [-0.4, -0.2) is 72.3 Å². The predicted molar refractivity (Wildman–Crippen MR) is 124 cm³/mol. The number of fused-ring (bicyclic) bond motifs is 1. The van der Waals surface area contributed by atoms with Gasteiger partial charge in [0, 0.05) is 42.8 Å². The van der Waals surface area contributed by atoms with Gasteiger partial charge in [-0.3, -0.25) is 9.69 Å². The molecule has 0 unspecified atom stereocenters. The van der Waals surface area contributed by atoms with E-state index in [0.717, 1.165) is 49.8 Å². The van der Waals surface area contributed by atoms with E-state index in [1.807, 2.05) is 39.0 Å². The molecule has 0 aliphatic carbocycles. The van der Waals surface area contributed by atoms with Crippen molar-refractivity contribution in [2.45, 2.75) is 63.8 Å². The summed E-state index contributed by atoms with van der Waals surface area (Å²) in [6.07, 6.45) is 3.30. The van der Waals surface area contributed by atoms with Gasteiger partial charge in [0.15, 0.2) is 0 Å². The highest BCUT2D eigenvalue weighted by Crippen LogP contribution is 2.25. The summed E-state index contributed by atoms with van der Waals surface area (Å²) in [6, 6.07) is 7.31. The first-order valence-electron chi connectivity index (χ1n) is 11.4. The molecule has 0 saturated carbocycles. The van der Waals surface area contributed by atoms with Gasteiger partial charge in [0.2, 0.25) is 5.91 Å². The van der Waals surface area contributed by atoms with Crippen LogP contribution in [0.4, 0.5) is 5.69 Å². The van der Waals surface area contributed by atoms with Crippen molar-refractivity contribution in [1.29, 1.82) is 0 Å². The summed E-state index contributed by atoms with van der Waals surface area (Å²) in [4.78, 5) is 31.0. The fourth-order valence-electron chi connectivity index (χ4n) is 4.67. The number of aromatic amines is 1. The first kappa shape index (κ1) is 22.8. The van der Waals surface area contributed by atoms with Gasteiger partial charge in [-0.1, -0.05) is 0 Å². The van der Waals surface area contributed by atoms with Gasteiger partial charge in [0.25, 0.3) is 0 Å². The van der Waals surface area contributed by atoms with Crippen molar-refractivity contribution in [3.8, 4) is 0 Å². The van der Waals surface area contributed by atoms with E-state index in [2.05, 4.69) is 20.5 Å². The summed E-state index contributed by atoms with van der Waals surface area (Å²) in [5, 5.41) is 7.28. The number of H-pyrrole nitrogens is 1. The van der Waals surface area contributed by atoms with Crippen LogP contribution < -0.4 is 10.6 Å². The van der Waals surface area contributed by atoms with E-state index in [1.54, 1.807) is 13.2 Å². The molecule has 2 atom stereocenters. The Morgan fingerprint density at radius 1 is 1.12 bits per heavy atom. The molecular formula is C24H34N4O4. The fraction of sp³-hybridized carbons (Fsp3) is 0.583. The van der Waals surface area contributed by atoms with Crippen molar-refractivity contribution < 1.29 is 19.1 Å². The molecule has 2 fully saturated rings. The SMILES string of the molecule is COC1CCN([C@H]2CCN[C@H]2C(=O)Nc2ccc3[nH]c(C(=O)OC(C)(C)C)cc3c2)CC1. The molecule has 1 amide bonds. The lowest BCUT2D eigenvalue weighted by Gasteiger charge is -2.37. The van der Waals surface area contributed by atoms with Crippen LogP contribution in [0.5, 0.6) is 0 Å². The molecule has 2 aliphatic heterocycles. The molecule has 8 heteroatoms. The number of ether oxygens (including phenoxy) is 2. The summed E-state index contributed by atoms with van der Waals surface area (Å²) in [5.74, 6) is -0.418. The number of hydrogen-bond acceptors (Lipinski definition) is 6. The molecule has 32 heavy (non-hydrogen) atoms. The van der Waals surface area contributed by atoms with Crippen LogP contribution in [0.15, 0.2) is 24.3 Å². The Labute approximate surface area is 189 Å². The van der Waals surface area contributed by atoms with Crippen LogP contribution in [0, 0.1) is 0 Å². The molecule has 1 aromatic carbocycles. The number of nitrogens with zero attached hydrogens (tertiary/aromatic N) is 1. The van der Waals surface area contributed by atoms with Gasteiger partial charge in [0.1, 0.15) is 17.3 Å². The minimum Gasteiger partial charge on any atom is -0.455 e. The third-order valence-electron chi connectivity index (χ3n) is 6.26. The molecule has 0 spiro atoms. The zero-order valence-corrected chi connectivity index (χ0v) is 19.4. The lowest BCUT2D eigenvalue weighted by molar-refractivity contribution is -0.119. The second kappa shape index (κ2) is 9.21. The van der Waals surface area contributed by atoms with Crippen LogP contribution >= 0.6 is 0 Å². The number of likely N-dealkylation sites (tertiary alicyclic amines) is 1. The maximum atomic E-state index is 13.1. The van der Waals surface area contributed by atoms with E-state index in [1.165, 1.54) is 0 Å². The smallest absolute Gasteiger partial charge is 0.355 e. The number of amides is 1. The Bertz CT molecular complexity index is 972. The number of esters is 1. The summed E-state index contributed by atoms with van der Waals surface area (Å²) in [7, 11) is 1.77. The van der Waals surface area contributed by atoms with E-state index in [0.29, 0.717) is 17.5 Å². The molecule has 1 aromatic heterocycles. The minimum absolute atomic E-state index is 0.0244. The Morgan fingerprint density at radius 3 is 2.56 bits per heavy atom. The molecule has 2 aliphatic rings. The van der Waals surface area contributed by atoms with E-state index < -0.39 is 11.6 Å².